The van der Waals surface area contributed by atoms with E-state index < -0.39 is 5.95 Å². The van der Waals surface area contributed by atoms with E-state index in [0.717, 1.165) is 25.1 Å². The van der Waals surface area contributed by atoms with Crippen LogP contribution in [0.2, 0.25) is 0 Å². The Morgan fingerprint density at radius 3 is 2.71 bits per heavy atom. The van der Waals surface area contributed by atoms with Crippen molar-refractivity contribution in [2.45, 2.75) is 18.9 Å². The topological polar surface area (TPSA) is 55.1 Å². The molecule has 1 saturated heterocycles. The van der Waals surface area contributed by atoms with Gasteiger partial charge >= 0.3 is 0 Å². The molecule has 3 heterocycles. The number of aromatic nitrogens is 3. The molecule has 1 fully saturated rings. The largest absolute Gasteiger partial charge is 0.364 e. The lowest BCUT2D eigenvalue weighted by atomic mass is 10.1. The Kier molecular flexibility index (Phi) is 2.80. The molecule has 0 bridgehead atoms. The Labute approximate surface area is 120 Å². The standard InChI is InChI=1S/C15H13FN4O/c16-14-15(18-11-5-2-1-4-10(11)17-14)20-8-3-6-13(20)12-7-9-21-19-12/h1-2,4-5,7,9,13H,3,6,8H2/t13-/m1/s1. The van der Waals surface area contributed by atoms with E-state index in [1.54, 1.807) is 6.07 Å². The van der Waals surface area contributed by atoms with Crippen LogP contribution in [0, 0.1) is 5.95 Å². The van der Waals surface area contributed by atoms with Crippen LogP contribution in [0.1, 0.15) is 24.6 Å². The second-order valence-corrected chi connectivity index (χ2v) is 5.10. The van der Waals surface area contributed by atoms with Crippen molar-refractivity contribution in [3.63, 3.8) is 0 Å². The summed E-state index contributed by atoms with van der Waals surface area (Å²) in [6, 6.07) is 9.10. The SMILES string of the molecule is Fc1nc2ccccc2nc1N1CCC[C@@H]1c1ccon1. The molecule has 1 aliphatic heterocycles. The van der Waals surface area contributed by atoms with E-state index in [1.807, 2.05) is 29.2 Å². The van der Waals surface area contributed by atoms with Crippen LogP contribution in [0.5, 0.6) is 0 Å². The molecule has 0 saturated carbocycles. The Bertz CT molecular complexity index is 774. The fraction of sp³-hybridized carbons (Fsp3) is 0.267. The zero-order chi connectivity index (χ0) is 14.2. The number of halogens is 1. The van der Waals surface area contributed by atoms with Crippen LogP contribution in [-0.4, -0.2) is 21.7 Å². The van der Waals surface area contributed by atoms with E-state index in [1.165, 1.54) is 6.26 Å². The number of para-hydroxylation sites is 2. The van der Waals surface area contributed by atoms with Crippen molar-refractivity contribution in [2.75, 3.05) is 11.4 Å². The van der Waals surface area contributed by atoms with Crippen LogP contribution in [0.4, 0.5) is 10.2 Å². The molecule has 0 spiro atoms. The molecule has 3 aromatic rings. The van der Waals surface area contributed by atoms with Crippen molar-refractivity contribution >= 4 is 16.9 Å². The third kappa shape index (κ3) is 2.03. The van der Waals surface area contributed by atoms with Crippen molar-refractivity contribution in [2.24, 2.45) is 0 Å². The van der Waals surface area contributed by atoms with Gasteiger partial charge in [0.05, 0.1) is 17.1 Å². The van der Waals surface area contributed by atoms with Gasteiger partial charge in [-0.3, -0.25) is 0 Å². The van der Waals surface area contributed by atoms with E-state index in [9.17, 15) is 4.39 Å². The van der Waals surface area contributed by atoms with E-state index in [4.69, 9.17) is 4.52 Å². The van der Waals surface area contributed by atoms with Crippen molar-refractivity contribution < 1.29 is 8.91 Å². The maximum atomic E-state index is 14.3. The van der Waals surface area contributed by atoms with Crippen LogP contribution < -0.4 is 4.90 Å². The van der Waals surface area contributed by atoms with E-state index >= 15 is 0 Å². The van der Waals surface area contributed by atoms with Gasteiger partial charge in [-0.05, 0) is 25.0 Å². The first-order valence-electron chi connectivity index (χ1n) is 6.92. The van der Waals surface area contributed by atoms with Gasteiger partial charge in [-0.15, -0.1) is 0 Å². The molecule has 6 heteroatoms. The molecule has 0 radical (unpaired) electrons. The summed E-state index contributed by atoms with van der Waals surface area (Å²) in [6.07, 6.45) is 3.40. The summed E-state index contributed by atoms with van der Waals surface area (Å²) in [5, 5.41) is 3.98. The first kappa shape index (κ1) is 12.3. The molecule has 1 aromatic carbocycles. The molecule has 21 heavy (non-hydrogen) atoms. The van der Waals surface area contributed by atoms with Gasteiger partial charge in [-0.25, -0.2) is 9.97 Å². The Hall–Kier alpha value is -2.50. The first-order chi connectivity index (χ1) is 10.3. The molecular weight excluding hydrogens is 271 g/mol. The highest BCUT2D eigenvalue weighted by Gasteiger charge is 2.31. The average Bonchev–Trinajstić information content (AvgIpc) is 3.17. The fourth-order valence-electron chi connectivity index (χ4n) is 2.87. The first-order valence-corrected chi connectivity index (χ1v) is 6.92. The highest BCUT2D eigenvalue weighted by molar-refractivity contribution is 5.75. The van der Waals surface area contributed by atoms with Crippen LogP contribution >= 0.6 is 0 Å². The number of fused-ring (bicyclic) bond motifs is 1. The summed E-state index contributed by atoms with van der Waals surface area (Å²) < 4.78 is 19.2. The third-order valence-corrected chi connectivity index (χ3v) is 3.84. The predicted molar refractivity (Wildman–Crippen MR) is 75.3 cm³/mol. The van der Waals surface area contributed by atoms with E-state index in [-0.39, 0.29) is 6.04 Å². The molecular formula is C15H13FN4O. The third-order valence-electron chi connectivity index (χ3n) is 3.84. The summed E-state index contributed by atoms with van der Waals surface area (Å²) in [7, 11) is 0. The second-order valence-electron chi connectivity index (χ2n) is 5.10. The van der Waals surface area contributed by atoms with Gasteiger partial charge in [0.1, 0.15) is 12.0 Å². The predicted octanol–water partition coefficient (Wildman–Crippen LogP) is 3.10. The van der Waals surface area contributed by atoms with Gasteiger partial charge < -0.3 is 9.42 Å². The molecule has 106 valence electrons. The van der Waals surface area contributed by atoms with Gasteiger partial charge in [0.15, 0.2) is 5.82 Å². The van der Waals surface area contributed by atoms with Crippen molar-refractivity contribution in [3.8, 4) is 0 Å². The summed E-state index contributed by atoms with van der Waals surface area (Å²) in [4.78, 5) is 10.4. The minimum atomic E-state index is -0.538. The number of nitrogens with zero attached hydrogens (tertiary/aromatic N) is 4. The average molecular weight is 284 g/mol. The van der Waals surface area contributed by atoms with Crippen LogP contribution in [0.15, 0.2) is 41.1 Å². The van der Waals surface area contributed by atoms with Gasteiger partial charge in [-0.1, -0.05) is 17.3 Å². The number of anilines is 1. The molecule has 1 atom stereocenters. The molecule has 4 rings (SSSR count). The fourth-order valence-corrected chi connectivity index (χ4v) is 2.87. The zero-order valence-corrected chi connectivity index (χ0v) is 11.2. The van der Waals surface area contributed by atoms with E-state index in [0.29, 0.717) is 16.9 Å². The zero-order valence-electron chi connectivity index (χ0n) is 11.2. The molecule has 5 nitrogen and oxygen atoms in total. The number of hydrogen-bond donors (Lipinski definition) is 0. The normalized spacial score (nSPS) is 18.5. The summed E-state index contributed by atoms with van der Waals surface area (Å²) in [5.41, 5.74) is 2.07. The van der Waals surface area contributed by atoms with Gasteiger partial charge in [0.25, 0.3) is 5.95 Å². The second kappa shape index (κ2) is 4.80. The minimum Gasteiger partial charge on any atom is -0.364 e. The molecule has 2 aromatic heterocycles. The Balaban J connectivity index is 1.80. The number of hydrogen-bond acceptors (Lipinski definition) is 5. The highest BCUT2D eigenvalue weighted by atomic mass is 19.1. The van der Waals surface area contributed by atoms with Crippen molar-refractivity contribution in [1.29, 1.82) is 0 Å². The van der Waals surface area contributed by atoms with Crippen LogP contribution in [0.25, 0.3) is 11.0 Å². The lowest BCUT2D eigenvalue weighted by Gasteiger charge is -2.24. The Morgan fingerprint density at radius 2 is 1.95 bits per heavy atom. The number of benzene rings is 1. The monoisotopic (exact) mass is 284 g/mol. The highest BCUT2D eigenvalue weighted by Crippen LogP contribution is 2.35. The van der Waals surface area contributed by atoms with Crippen molar-refractivity contribution in [3.05, 3.63) is 48.2 Å². The lowest BCUT2D eigenvalue weighted by molar-refractivity contribution is 0.404. The summed E-state index contributed by atoms with van der Waals surface area (Å²) >= 11 is 0. The lowest BCUT2D eigenvalue weighted by Crippen LogP contribution is -2.25. The number of rotatable bonds is 2. The maximum absolute atomic E-state index is 14.3. The molecule has 0 unspecified atom stereocenters. The molecule has 0 amide bonds. The Morgan fingerprint density at radius 1 is 1.14 bits per heavy atom. The van der Waals surface area contributed by atoms with Gasteiger partial charge in [0.2, 0.25) is 0 Å². The van der Waals surface area contributed by atoms with E-state index in [2.05, 4.69) is 15.1 Å². The maximum Gasteiger partial charge on any atom is 0.256 e. The quantitative estimate of drug-likeness (QED) is 0.723. The molecule has 0 aliphatic carbocycles. The summed E-state index contributed by atoms with van der Waals surface area (Å²) in [5.74, 6) is -0.247. The van der Waals surface area contributed by atoms with Gasteiger partial charge in [-0.2, -0.15) is 4.39 Å². The molecule has 1 aliphatic rings. The van der Waals surface area contributed by atoms with Crippen molar-refractivity contribution in [1.82, 2.24) is 15.1 Å². The van der Waals surface area contributed by atoms with Gasteiger partial charge in [0, 0.05) is 12.6 Å². The van der Waals surface area contributed by atoms with Crippen LogP contribution in [0.3, 0.4) is 0 Å². The molecule has 0 N–H and O–H groups in total. The smallest absolute Gasteiger partial charge is 0.256 e. The van der Waals surface area contributed by atoms with Crippen LogP contribution in [-0.2, 0) is 0 Å². The minimum absolute atomic E-state index is 0.00582. The summed E-state index contributed by atoms with van der Waals surface area (Å²) in [6.45, 7) is 0.738.